The first-order valence-electron chi connectivity index (χ1n) is 7.54. The zero-order valence-electron chi connectivity index (χ0n) is 12.4. The third kappa shape index (κ3) is 3.96. The van der Waals surface area contributed by atoms with Crippen molar-refractivity contribution in [1.82, 2.24) is 4.72 Å². The van der Waals surface area contributed by atoms with Gasteiger partial charge in [0, 0.05) is 12.5 Å². The van der Waals surface area contributed by atoms with E-state index in [9.17, 15) is 8.42 Å². The van der Waals surface area contributed by atoms with Crippen molar-refractivity contribution in [2.75, 3.05) is 13.1 Å². The Morgan fingerprint density at radius 1 is 1.33 bits per heavy atom. The summed E-state index contributed by atoms with van der Waals surface area (Å²) in [5.41, 5.74) is 5.76. The fourth-order valence-corrected chi connectivity index (χ4v) is 3.94. The summed E-state index contributed by atoms with van der Waals surface area (Å²) in [6.45, 7) is 2.93. The molecule has 1 aromatic rings. The van der Waals surface area contributed by atoms with Crippen LogP contribution in [-0.4, -0.2) is 27.6 Å². The Morgan fingerprint density at radius 3 is 2.81 bits per heavy atom. The van der Waals surface area contributed by atoms with Gasteiger partial charge in [-0.3, -0.25) is 0 Å². The Kier molecular flexibility index (Phi) is 5.61. The second kappa shape index (κ2) is 7.24. The van der Waals surface area contributed by atoms with E-state index in [0.717, 1.165) is 25.7 Å². The van der Waals surface area contributed by atoms with E-state index < -0.39 is 10.0 Å². The minimum Gasteiger partial charge on any atom is -0.489 e. The molecule has 3 N–H and O–H groups in total. The molecule has 0 radical (unpaired) electrons. The number of hydrogen-bond acceptors (Lipinski definition) is 4. The second-order valence-electron chi connectivity index (χ2n) is 5.43. The van der Waals surface area contributed by atoms with Crippen LogP contribution in [0.4, 0.5) is 0 Å². The third-order valence-corrected chi connectivity index (χ3v) is 5.35. The highest BCUT2D eigenvalue weighted by Gasteiger charge is 2.29. The number of ether oxygens (including phenoxy) is 1. The number of sulfonamides is 1. The van der Waals surface area contributed by atoms with Crippen molar-refractivity contribution in [2.45, 2.75) is 43.6 Å². The number of para-hydroxylation sites is 1. The molecule has 118 valence electrons. The van der Waals surface area contributed by atoms with Crippen molar-refractivity contribution < 1.29 is 13.2 Å². The van der Waals surface area contributed by atoms with Crippen molar-refractivity contribution in [2.24, 2.45) is 11.7 Å². The molecule has 6 heteroatoms. The van der Waals surface area contributed by atoms with Gasteiger partial charge in [0.25, 0.3) is 0 Å². The molecule has 1 aliphatic rings. The van der Waals surface area contributed by atoms with E-state index in [2.05, 4.69) is 4.72 Å². The summed E-state index contributed by atoms with van der Waals surface area (Å²) in [7, 11) is -3.53. The van der Waals surface area contributed by atoms with Gasteiger partial charge in [0.2, 0.25) is 10.0 Å². The number of nitrogens with two attached hydrogens (primary N) is 1. The zero-order chi connectivity index (χ0) is 15.3. The molecule has 0 spiro atoms. The minimum atomic E-state index is -3.53. The average Bonchev–Trinajstić information content (AvgIpc) is 2.93. The highest BCUT2D eigenvalue weighted by Crippen LogP contribution is 2.32. The summed E-state index contributed by atoms with van der Waals surface area (Å²) in [5.74, 6) is 0.732. The third-order valence-electron chi connectivity index (χ3n) is 3.85. The number of benzene rings is 1. The Bertz CT molecular complexity index is 560. The first-order valence-corrected chi connectivity index (χ1v) is 9.02. The number of hydrogen-bond donors (Lipinski definition) is 2. The number of nitrogens with one attached hydrogen (secondary N) is 1. The Balaban J connectivity index is 2.21. The molecular formula is C15H24N2O3S. The van der Waals surface area contributed by atoms with Crippen LogP contribution in [0.3, 0.4) is 0 Å². The van der Waals surface area contributed by atoms with E-state index in [1.165, 1.54) is 0 Å². The lowest BCUT2D eigenvalue weighted by Gasteiger charge is -2.21. The largest absolute Gasteiger partial charge is 0.489 e. The standard InChI is InChI=1S/C15H24N2O3S/c1-2-10-17-21(18,19)15-9-4-3-7-14(15)20-13-8-5-6-12(13)11-16/h3-4,7,9,12-13,17H,2,5-6,8,10-11,16H2,1H3. The topological polar surface area (TPSA) is 81.4 Å². The molecular weight excluding hydrogens is 288 g/mol. The summed E-state index contributed by atoms with van der Waals surface area (Å²) < 4.78 is 33.2. The molecule has 0 aliphatic heterocycles. The average molecular weight is 312 g/mol. The Morgan fingerprint density at radius 2 is 2.10 bits per heavy atom. The first kappa shape index (κ1) is 16.3. The van der Waals surface area contributed by atoms with Crippen LogP contribution in [0.25, 0.3) is 0 Å². The van der Waals surface area contributed by atoms with Crippen molar-refractivity contribution in [1.29, 1.82) is 0 Å². The quantitative estimate of drug-likeness (QED) is 0.805. The molecule has 0 amide bonds. The predicted octanol–water partition coefficient (Wildman–Crippen LogP) is 1.88. The Hall–Kier alpha value is -1.11. The van der Waals surface area contributed by atoms with Crippen molar-refractivity contribution >= 4 is 10.0 Å². The SMILES string of the molecule is CCCNS(=O)(=O)c1ccccc1OC1CCCC1CN. The lowest BCUT2D eigenvalue weighted by Crippen LogP contribution is -2.29. The van der Waals surface area contributed by atoms with E-state index >= 15 is 0 Å². The van der Waals surface area contributed by atoms with Crippen LogP contribution in [0.15, 0.2) is 29.2 Å². The van der Waals surface area contributed by atoms with Crippen LogP contribution in [0.1, 0.15) is 32.6 Å². The molecule has 1 saturated carbocycles. The van der Waals surface area contributed by atoms with Crippen LogP contribution in [-0.2, 0) is 10.0 Å². The lowest BCUT2D eigenvalue weighted by molar-refractivity contribution is 0.158. The van der Waals surface area contributed by atoms with Gasteiger partial charge in [-0.25, -0.2) is 13.1 Å². The fraction of sp³-hybridized carbons (Fsp3) is 0.600. The molecule has 1 aromatic carbocycles. The molecule has 2 rings (SSSR count). The summed E-state index contributed by atoms with van der Waals surface area (Å²) in [5, 5.41) is 0. The molecule has 1 aliphatic carbocycles. The summed E-state index contributed by atoms with van der Waals surface area (Å²) in [6, 6.07) is 6.80. The summed E-state index contributed by atoms with van der Waals surface area (Å²) in [6.07, 6.45) is 3.82. The van der Waals surface area contributed by atoms with Gasteiger partial charge in [-0.15, -0.1) is 0 Å². The second-order valence-corrected chi connectivity index (χ2v) is 7.16. The van der Waals surface area contributed by atoms with Crippen LogP contribution in [0.2, 0.25) is 0 Å². The van der Waals surface area contributed by atoms with Gasteiger partial charge in [-0.2, -0.15) is 0 Å². The molecule has 0 saturated heterocycles. The van der Waals surface area contributed by atoms with Gasteiger partial charge in [-0.05, 0) is 44.4 Å². The summed E-state index contributed by atoms with van der Waals surface area (Å²) >= 11 is 0. The van der Waals surface area contributed by atoms with Gasteiger partial charge in [-0.1, -0.05) is 19.1 Å². The van der Waals surface area contributed by atoms with E-state index in [0.29, 0.717) is 24.8 Å². The Labute approximate surface area is 126 Å². The van der Waals surface area contributed by atoms with E-state index in [-0.39, 0.29) is 11.0 Å². The molecule has 2 unspecified atom stereocenters. The van der Waals surface area contributed by atoms with Crippen LogP contribution in [0.5, 0.6) is 5.75 Å². The molecule has 0 aromatic heterocycles. The maximum Gasteiger partial charge on any atom is 0.244 e. The van der Waals surface area contributed by atoms with Gasteiger partial charge in [0.15, 0.2) is 0 Å². The summed E-state index contributed by atoms with van der Waals surface area (Å²) in [4.78, 5) is 0.209. The van der Waals surface area contributed by atoms with Crippen LogP contribution in [0, 0.1) is 5.92 Å². The smallest absolute Gasteiger partial charge is 0.244 e. The highest BCUT2D eigenvalue weighted by molar-refractivity contribution is 7.89. The minimum absolute atomic E-state index is 0.0116. The molecule has 1 fully saturated rings. The van der Waals surface area contributed by atoms with Gasteiger partial charge >= 0.3 is 0 Å². The lowest BCUT2D eigenvalue weighted by atomic mass is 10.1. The van der Waals surface area contributed by atoms with Crippen LogP contribution < -0.4 is 15.2 Å². The molecule has 21 heavy (non-hydrogen) atoms. The molecule has 2 atom stereocenters. The maximum atomic E-state index is 12.3. The van der Waals surface area contributed by atoms with Crippen LogP contribution >= 0.6 is 0 Å². The highest BCUT2D eigenvalue weighted by atomic mass is 32.2. The van der Waals surface area contributed by atoms with E-state index in [1.807, 2.05) is 6.92 Å². The predicted molar refractivity (Wildman–Crippen MR) is 82.7 cm³/mol. The normalized spacial score (nSPS) is 22.4. The zero-order valence-corrected chi connectivity index (χ0v) is 13.2. The van der Waals surface area contributed by atoms with E-state index in [4.69, 9.17) is 10.5 Å². The van der Waals surface area contributed by atoms with E-state index in [1.54, 1.807) is 24.3 Å². The van der Waals surface area contributed by atoms with Gasteiger partial charge in [0.05, 0.1) is 0 Å². The fourth-order valence-electron chi connectivity index (χ4n) is 2.67. The monoisotopic (exact) mass is 312 g/mol. The first-order chi connectivity index (χ1) is 10.1. The molecule has 0 bridgehead atoms. The van der Waals surface area contributed by atoms with Crippen molar-refractivity contribution in [3.63, 3.8) is 0 Å². The van der Waals surface area contributed by atoms with Crippen molar-refractivity contribution in [3.05, 3.63) is 24.3 Å². The van der Waals surface area contributed by atoms with Gasteiger partial charge < -0.3 is 10.5 Å². The number of rotatable bonds is 7. The van der Waals surface area contributed by atoms with Gasteiger partial charge in [0.1, 0.15) is 16.7 Å². The molecule has 5 nitrogen and oxygen atoms in total. The van der Waals surface area contributed by atoms with Crippen molar-refractivity contribution in [3.8, 4) is 5.75 Å². The molecule has 0 heterocycles. The maximum absolute atomic E-state index is 12.3.